The first kappa shape index (κ1) is 11.2. The maximum Gasteiger partial charge on any atom is 0.0435 e. The molecule has 1 heterocycles. The lowest BCUT2D eigenvalue weighted by atomic mass is 9.88. The van der Waals surface area contributed by atoms with Gasteiger partial charge in [-0.15, -0.1) is 0 Å². The van der Waals surface area contributed by atoms with E-state index in [0.717, 1.165) is 5.92 Å². The second-order valence-corrected chi connectivity index (χ2v) is 4.16. The van der Waals surface area contributed by atoms with E-state index >= 15 is 0 Å². The Hall–Kier alpha value is -0.850. The molecule has 1 aromatic heterocycles. The van der Waals surface area contributed by atoms with Crippen LogP contribution < -0.4 is 0 Å². The van der Waals surface area contributed by atoms with Crippen LogP contribution >= 0.6 is 0 Å². The molecule has 14 heavy (non-hydrogen) atoms. The molecule has 1 aromatic rings. The highest BCUT2D eigenvalue weighted by Gasteiger charge is 2.14. The normalized spacial score (nSPS) is 19.2. The van der Waals surface area contributed by atoms with Crippen molar-refractivity contribution in [1.29, 1.82) is 0 Å². The van der Waals surface area contributed by atoms with Crippen LogP contribution in [0.2, 0.25) is 0 Å². The van der Waals surface area contributed by atoms with Crippen LogP contribution in [0.5, 0.6) is 0 Å². The lowest BCUT2D eigenvalue weighted by Gasteiger charge is -2.19. The Morgan fingerprint density at radius 1 is 1.43 bits per heavy atom. The number of fused-ring (bicyclic) bond motifs is 1. The molecule has 0 fully saturated rings. The van der Waals surface area contributed by atoms with Crippen molar-refractivity contribution in [2.75, 3.05) is 0 Å². The summed E-state index contributed by atoms with van der Waals surface area (Å²) in [7, 11) is 0. The predicted molar refractivity (Wildman–Crippen MR) is 61.4 cm³/mol. The molecule has 0 bridgehead atoms. The summed E-state index contributed by atoms with van der Waals surface area (Å²) in [6.45, 7) is 6.57. The Bertz CT molecular complexity index is 268. The van der Waals surface area contributed by atoms with Gasteiger partial charge in [0.15, 0.2) is 0 Å². The number of rotatable bonds is 0. The monoisotopic (exact) mass is 191 g/mol. The van der Waals surface area contributed by atoms with Crippen molar-refractivity contribution in [2.24, 2.45) is 5.92 Å². The van der Waals surface area contributed by atoms with E-state index in [0.29, 0.717) is 0 Å². The van der Waals surface area contributed by atoms with Crippen LogP contribution in [0, 0.1) is 5.92 Å². The first-order valence-corrected chi connectivity index (χ1v) is 5.70. The van der Waals surface area contributed by atoms with Gasteiger partial charge in [0.2, 0.25) is 0 Å². The predicted octanol–water partition coefficient (Wildman–Crippen LogP) is 3.62. The summed E-state index contributed by atoms with van der Waals surface area (Å²) >= 11 is 0. The smallest absolute Gasteiger partial charge is 0.0435 e. The highest BCUT2D eigenvalue weighted by Crippen LogP contribution is 2.22. The molecule has 1 unspecified atom stereocenters. The standard InChI is InChI=1S/C10H13N.C3H8/c1-8-4-5-10-9(7-8)3-2-6-11-10;1-3-2/h2-3,6,8H,4-5,7H2,1H3;3H2,1-2H3. The van der Waals surface area contributed by atoms with Gasteiger partial charge in [-0.3, -0.25) is 4.98 Å². The molecule has 0 saturated heterocycles. The van der Waals surface area contributed by atoms with E-state index in [1.807, 2.05) is 12.3 Å². The van der Waals surface area contributed by atoms with Gasteiger partial charge in [-0.2, -0.15) is 0 Å². The number of hydrogen-bond donors (Lipinski definition) is 0. The van der Waals surface area contributed by atoms with E-state index in [1.54, 1.807) is 0 Å². The quantitative estimate of drug-likeness (QED) is 0.610. The van der Waals surface area contributed by atoms with Crippen LogP contribution in [0.1, 0.15) is 44.9 Å². The minimum absolute atomic E-state index is 0.853. The molecule has 0 radical (unpaired) electrons. The zero-order chi connectivity index (χ0) is 10.4. The fraction of sp³-hybridized carbons (Fsp3) is 0.615. The van der Waals surface area contributed by atoms with Gasteiger partial charge in [-0.25, -0.2) is 0 Å². The molecule has 1 heteroatoms. The maximum absolute atomic E-state index is 4.35. The van der Waals surface area contributed by atoms with Crippen molar-refractivity contribution in [3.63, 3.8) is 0 Å². The zero-order valence-electron chi connectivity index (χ0n) is 9.59. The molecule has 0 aliphatic heterocycles. The molecule has 1 nitrogen and oxygen atoms in total. The topological polar surface area (TPSA) is 12.9 Å². The molecular formula is C13H21N. The Morgan fingerprint density at radius 3 is 2.86 bits per heavy atom. The van der Waals surface area contributed by atoms with Gasteiger partial charge < -0.3 is 0 Å². The third-order valence-corrected chi connectivity index (χ3v) is 2.43. The Balaban J connectivity index is 0.000000293. The van der Waals surface area contributed by atoms with Crippen molar-refractivity contribution in [3.05, 3.63) is 29.6 Å². The van der Waals surface area contributed by atoms with Gasteiger partial charge in [0.05, 0.1) is 0 Å². The average Bonchev–Trinajstić information content (AvgIpc) is 2.19. The molecule has 1 aliphatic carbocycles. The van der Waals surface area contributed by atoms with E-state index in [9.17, 15) is 0 Å². The van der Waals surface area contributed by atoms with Crippen molar-refractivity contribution in [1.82, 2.24) is 4.98 Å². The second-order valence-electron chi connectivity index (χ2n) is 4.16. The summed E-state index contributed by atoms with van der Waals surface area (Å²) in [4.78, 5) is 4.35. The minimum atomic E-state index is 0.853. The number of hydrogen-bond acceptors (Lipinski definition) is 1. The molecule has 0 amide bonds. The third kappa shape index (κ3) is 3.13. The van der Waals surface area contributed by atoms with Crippen LogP contribution in [0.15, 0.2) is 18.3 Å². The maximum atomic E-state index is 4.35. The SMILES string of the molecule is CC1CCc2ncccc2C1.CCC. The fourth-order valence-corrected chi connectivity index (χ4v) is 1.74. The zero-order valence-corrected chi connectivity index (χ0v) is 9.59. The highest BCUT2D eigenvalue weighted by molar-refractivity contribution is 5.22. The van der Waals surface area contributed by atoms with Gasteiger partial charge in [-0.1, -0.05) is 33.3 Å². The van der Waals surface area contributed by atoms with E-state index < -0.39 is 0 Å². The van der Waals surface area contributed by atoms with Gasteiger partial charge in [0.25, 0.3) is 0 Å². The first-order chi connectivity index (χ1) is 6.77. The molecule has 1 aliphatic rings. The van der Waals surface area contributed by atoms with E-state index in [-0.39, 0.29) is 0 Å². The van der Waals surface area contributed by atoms with Gasteiger partial charge in [-0.05, 0) is 36.8 Å². The van der Waals surface area contributed by atoms with E-state index in [2.05, 4.69) is 31.8 Å². The highest BCUT2D eigenvalue weighted by atomic mass is 14.7. The average molecular weight is 191 g/mol. The third-order valence-electron chi connectivity index (χ3n) is 2.43. The summed E-state index contributed by atoms with van der Waals surface area (Å²) in [6, 6.07) is 4.24. The Labute approximate surface area is 87.6 Å². The van der Waals surface area contributed by atoms with Crippen LogP contribution in [0.3, 0.4) is 0 Å². The second kappa shape index (κ2) is 5.79. The van der Waals surface area contributed by atoms with E-state index in [1.165, 1.54) is 36.9 Å². The van der Waals surface area contributed by atoms with Crippen LogP contribution in [0.25, 0.3) is 0 Å². The summed E-state index contributed by atoms with van der Waals surface area (Å²) < 4.78 is 0. The summed E-state index contributed by atoms with van der Waals surface area (Å²) in [6.07, 6.45) is 6.86. The lowest BCUT2D eigenvalue weighted by molar-refractivity contribution is 0.494. The van der Waals surface area contributed by atoms with E-state index in [4.69, 9.17) is 0 Å². The Kier molecular flexibility index (Phi) is 4.64. The first-order valence-electron chi connectivity index (χ1n) is 5.70. The van der Waals surface area contributed by atoms with Gasteiger partial charge in [0, 0.05) is 11.9 Å². The summed E-state index contributed by atoms with van der Waals surface area (Å²) in [5.74, 6) is 0.853. The van der Waals surface area contributed by atoms with Crippen molar-refractivity contribution in [3.8, 4) is 0 Å². The van der Waals surface area contributed by atoms with Crippen LogP contribution in [-0.2, 0) is 12.8 Å². The largest absolute Gasteiger partial charge is 0.261 e. The lowest BCUT2D eigenvalue weighted by Crippen LogP contribution is -2.12. The molecule has 0 aromatic carbocycles. The Morgan fingerprint density at radius 2 is 2.14 bits per heavy atom. The number of pyridine rings is 1. The van der Waals surface area contributed by atoms with Crippen LogP contribution in [0.4, 0.5) is 0 Å². The van der Waals surface area contributed by atoms with Gasteiger partial charge in [0.1, 0.15) is 0 Å². The molecule has 2 rings (SSSR count). The number of aromatic nitrogens is 1. The van der Waals surface area contributed by atoms with Crippen LogP contribution in [-0.4, -0.2) is 4.98 Å². The molecule has 78 valence electrons. The fourth-order valence-electron chi connectivity index (χ4n) is 1.74. The molecule has 0 N–H and O–H groups in total. The molecule has 0 saturated carbocycles. The van der Waals surface area contributed by atoms with Crippen molar-refractivity contribution < 1.29 is 0 Å². The van der Waals surface area contributed by atoms with Crippen molar-refractivity contribution in [2.45, 2.75) is 46.5 Å². The molecule has 1 atom stereocenters. The summed E-state index contributed by atoms with van der Waals surface area (Å²) in [5, 5.41) is 0. The molecular weight excluding hydrogens is 170 g/mol. The minimum Gasteiger partial charge on any atom is -0.261 e. The number of nitrogens with zero attached hydrogens (tertiary/aromatic N) is 1. The molecule has 0 spiro atoms. The number of aryl methyl sites for hydroxylation is 1. The van der Waals surface area contributed by atoms with Gasteiger partial charge >= 0.3 is 0 Å². The summed E-state index contributed by atoms with van der Waals surface area (Å²) in [5.41, 5.74) is 2.79. The van der Waals surface area contributed by atoms with Crippen molar-refractivity contribution >= 4 is 0 Å².